The third kappa shape index (κ3) is 6.20. The van der Waals surface area contributed by atoms with Crippen LogP contribution in [0.1, 0.15) is 6.92 Å². The molecule has 0 fully saturated rings. The highest BCUT2D eigenvalue weighted by molar-refractivity contribution is 5.89. The van der Waals surface area contributed by atoms with E-state index in [0.717, 1.165) is 5.69 Å². The van der Waals surface area contributed by atoms with Crippen molar-refractivity contribution in [3.63, 3.8) is 0 Å². The molecule has 1 aromatic heterocycles. The fourth-order valence-electron chi connectivity index (χ4n) is 3.07. The van der Waals surface area contributed by atoms with Crippen LogP contribution in [-0.4, -0.2) is 20.8 Å². The number of rotatable bonds is 8. The Bertz CT molecular complexity index is 1360. The Morgan fingerprint density at radius 2 is 1.26 bits per heavy atom. The predicted octanol–water partition coefficient (Wildman–Crippen LogP) is 6.25. The lowest BCUT2D eigenvalue weighted by molar-refractivity contribution is -0.383. The molecule has 35 heavy (non-hydrogen) atoms. The van der Waals surface area contributed by atoms with Crippen LogP contribution >= 0.6 is 0 Å². The number of carbonyl (C=O) groups is 1. The van der Waals surface area contributed by atoms with Gasteiger partial charge < -0.3 is 16.0 Å². The minimum atomic E-state index is -0.557. The monoisotopic (exact) mass is 468 g/mol. The summed E-state index contributed by atoms with van der Waals surface area (Å²) in [5.74, 6) is -0.144. The van der Waals surface area contributed by atoms with Crippen molar-refractivity contribution in [2.24, 2.45) is 10.2 Å². The number of benzene rings is 3. The van der Waals surface area contributed by atoms with E-state index in [1.165, 1.54) is 13.3 Å². The molecule has 11 heteroatoms. The van der Waals surface area contributed by atoms with Gasteiger partial charge in [-0.2, -0.15) is 10.2 Å². The average Bonchev–Trinajstić information content (AvgIpc) is 2.85. The molecule has 0 unspecified atom stereocenters. The number of anilines is 5. The van der Waals surface area contributed by atoms with E-state index in [9.17, 15) is 14.9 Å². The molecule has 0 spiro atoms. The normalized spacial score (nSPS) is 10.7. The molecule has 0 saturated heterocycles. The molecule has 0 atom stereocenters. The highest BCUT2D eigenvalue weighted by atomic mass is 16.6. The van der Waals surface area contributed by atoms with Crippen LogP contribution in [0.3, 0.4) is 0 Å². The van der Waals surface area contributed by atoms with Crippen molar-refractivity contribution in [2.45, 2.75) is 6.92 Å². The Kier molecular flexibility index (Phi) is 6.97. The van der Waals surface area contributed by atoms with Crippen LogP contribution < -0.4 is 16.0 Å². The van der Waals surface area contributed by atoms with E-state index in [1.807, 2.05) is 30.3 Å². The molecule has 0 aliphatic carbocycles. The van der Waals surface area contributed by atoms with Gasteiger partial charge in [-0.25, -0.2) is 9.97 Å². The van der Waals surface area contributed by atoms with Crippen LogP contribution in [0, 0.1) is 10.1 Å². The molecule has 0 aliphatic heterocycles. The smallest absolute Gasteiger partial charge is 0.334 e. The number of carbonyl (C=O) groups excluding carboxylic acids is 1. The molecule has 3 N–H and O–H groups in total. The number of amides is 1. The molecule has 4 aromatic rings. The highest BCUT2D eigenvalue weighted by Gasteiger charge is 2.23. The molecule has 0 aliphatic rings. The lowest BCUT2D eigenvalue weighted by Crippen LogP contribution is -2.06. The van der Waals surface area contributed by atoms with Gasteiger partial charge in [-0.15, -0.1) is 0 Å². The van der Waals surface area contributed by atoms with Crippen LogP contribution in [0.2, 0.25) is 0 Å². The molecule has 4 rings (SSSR count). The summed E-state index contributed by atoms with van der Waals surface area (Å²) in [6.45, 7) is 1.41. The summed E-state index contributed by atoms with van der Waals surface area (Å²) in [6.07, 6.45) is 1.23. The quantitative estimate of drug-likeness (QED) is 0.157. The predicted molar refractivity (Wildman–Crippen MR) is 133 cm³/mol. The Morgan fingerprint density at radius 3 is 1.77 bits per heavy atom. The zero-order valence-electron chi connectivity index (χ0n) is 18.5. The highest BCUT2D eigenvalue weighted by Crippen LogP contribution is 2.33. The van der Waals surface area contributed by atoms with E-state index < -0.39 is 4.92 Å². The lowest BCUT2D eigenvalue weighted by atomic mass is 10.2. The lowest BCUT2D eigenvalue weighted by Gasteiger charge is -2.11. The van der Waals surface area contributed by atoms with Gasteiger partial charge in [0, 0.05) is 24.0 Å². The van der Waals surface area contributed by atoms with Crippen molar-refractivity contribution in [1.29, 1.82) is 0 Å². The van der Waals surface area contributed by atoms with Gasteiger partial charge in [0.15, 0.2) is 0 Å². The van der Waals surface area contributed by atoms with Crippen molar-refractivity contribution in [3.8, 4) is 0 Å². The zero-order chi connectivity index (χ0) is 24.6. The van der Waals surface area contributed by atoms with Crippen molar-refractivity contribution >= 4 is 51.7 Å². The zero-order valence-corrected chi connectivity index (χ0v) is 18.5. The maximum absolute atomic E-state index is 11.8. The molecule has 1 amide bonds. The summed E-state index contributed by atoms with van der Waals surface area (Å²) >= 11 is 0. The van der Waals surface area contributed by atoms with E-state index in [2.05, 4.69) is 36.1 Å². The standard InChI is InChI=1S/C24H20N8O3/c1-16(33)27-17-7-9-18(10-8-17)28-23-22(32(34)35)24(26-15-25-23)29-19-11-13-21(14-12-19)31-30-20-5-3-2-4-6-20/h2-15H,1H3,(H,27,33)(H2,25,26,28,29). The van der Waals surface area contributed by atoms with E-state index in [0.29, 0.717) is 22.7 Å². The van der Waals surface area contributed by atoms with Gasteiger partial charge in [0.2, 0.25) is 17.5 Å². The second-order valence-electron chi connectivity index (χ2n) is 7.27. The largest absolute Gasteiger partial charge is 0.353 e. The minimum Gasteiger partial charge on any atom is -0.334 e. The van der Waals surface area contributed by atoms with Gasteiger partial charge in [-0.05, 0) is 60.7 Å². The first-order valence-corrected chi connectivity index (χ1v) is 10.5. The topological polar surface area (TPSA) is 147 Å². The van der Waals surface area contributed by atoms with Crippen LogP contribution in [0.5, 0.6) is 0 Å². The van der Waals surface area contributed by atoms with Gasteiger partial charge in [0.1, 0.15) is 6.33 Å². The second-order valence-corrected chi connectivity index (χ2v) is 7.27. The van der Waals surface area contributed by atoms with E-state index in [4.69, 9.17) is 0 Å². The van der Waals surface area contributed by atoms with Gasteiger partial charge in [0.25, 0.3) is 0 Å². The Balaban J connectivity index is 1.51. The summed E-state index contributed by atoms with van der Waals surface area (Å²) in [6, 6.07) is 22.9. The maximum Gasteiger partial charge on any atom is 0.353 e. The number of nitro groups is 1. The van der Waals surface area contributed by atoms with Crippen LogP contribution in [0.25, 0.3) is 0 Å². The summed E-state index contributed by atoms with van der Waals surface area (Å²) in [5, 5.41) is 28.7. The van der Waals surface area contributed by atoms with Gasteiger partial charge >= 0.3 is 5.69 Å². The van der Waals surface area contributed by atoms with Crippen LogP contribution in [0.15, 0.2) is 95.4 Å². The minimum absolute atomic E-state index is 0.0214. The van der Waals surface area contributed by atoms with Gasteiger partial charge in [0.05, 0.1) is 16.3 Å². The summed E-state index contributed by atoms with van der Waals surface area (Å²) in [7, 11) is 0. The van der Waals surface area contributed by atoms with Crippen molar-refractivity contribution in [2.75, 3.05) is 16.0 Å². The van der Waals surface area contributed by atoms with E-state index >= 15 is 0 Å². The fraction of sp³-hybridized carbons (Fsp3) is 0.0417. The number of nitrogens with one attached hydrogen (secondary N) is 3. The fourth-order valence-corrected chi connectivity index (χ4v) is 3.07. The Hall–Kier alpha value is -5.19. The Morgan fingerprint density at radius 1 is 0.771 bits per heavy atom. The molecule has 0 saturated carbocycles. The summed E-state index contributed by atoms with van der Waals surface area (Å²) in [4.78, 5) is 30.5. The number of hydrogen-bond donors (Lipinski definition) is 3. The van der Waals surface area contributed by atoms with Crippen molar-refractivity contribution < 1.29 is 9.72 Å². The summed E-state index contributed by atoms with van der Waals surface area (Å²) < 4.78 is 0. The molecular weight excluding hydrogens is 448 g/mol. The van der Waals surface area contributed by atoms with Crippen LogP contribution in [-0.2, 0) is 4.79 Å². The number of aromatic nitrogens is 2. The molecular formula is C24H20N8O3. The van der Waals surface area contributed by atoms with E-state index in [1.54, 1.807) is 48.5 Å². The maximum atomic E-state index is 11.8. The van der Waals surface area contributed by atoms with E-state index in [-0.39, 0.29) is 23.2 Å². The summed E-state index contributed by atoms with van der Waals surface area (Å²) in [5.41, 5.74) is 2.79. The van der Waals surface area contributed by atoms with Crippen molar-refractivity contribution in [1.82, 2.24) is 9.97 Å². The number of hydrogen-bond acceptors (Lipinski definition) is 9. The third-order valence-electron chi connectivity index (χ3n) is 4.64. The number of azo groups is 1. The first kappa shape index (κ1) is 23.0. The first-order valence-electron chi connectivity index (χ1n) is 10.5. The van der Waals surface area contributed by atoms with Gasteiger partial charge in [-0.1, -0.05) is 18.2 Å². The molecule has 0 bridgehead atoms. The Labute approximate surface area is 200 Å². The second kappa shape index (κ2) is 10.6. The average molecular weight is 468 g/mol. The number of nitrogens with zero attached hydrogens (tertiary/aromatic N) is 5. The van der Waals surface area contributed by atoms with Crippen molar-refractivity contribution in [3.05, 3.63) is 95.3 Å². The molecule has 174 valence electrons. The third-order valence-corrected chi connectivity index (χ3v) is 4.64. The molecule has 0 radical (unpaired) electrons. The first-order chi connectivity index (χ1) is 17.0. The molecule has 3 aromatic carbocycles. The SMILES string of the molecule is CC(=O)Nc1ccc(Nc2ncnc(Nc3ccc(N=Nc4ccccc4)cc3)c2[N+](=O)[O-])cc1. The molecule has 1 heterocycles. The molecule has 11 nitrogen and oxygen atoms in total. The van der Waals surface area contributed by atoms with Crippen LogP contribution in [0.4, 0.5) is 45.8 Å². The van der Waals surface area contributed by atoms with Gasteiger partial charge in [-0.3, -0.25) is 14.9 Å².